The van der Waals surface area contributed by atoms with Crippen LogP contribution in [0.3, 0.4) is 0 Å². The first kappa shape index (κ1) is 15.0. The molecule has 0 spiro atoms. The number of halogens is 1. The van der Waals surface area contributed by atoms with Crippen LogP contribution in [0.2, 0.25) is 0 Å². The van der Waals surface area contributed by atoms with Gasteiger partial charge >= 0.3 is 0 Å². The summed E-state index contributed by atoms with van der Waals surface area (Å²) in [6, 6.07) is 6.74. The lowest BCUT2D eigenvalue weighted by Crippen LogP contribution is -2.31. The fourth-order valence-electron chi connectivity index (χ4n) is 1.89. The molecule has 0 radical (unpaired) electrons. The van der Waals surface area contributed by atoms with E-state index in [0.29, 0.717) is 10.6 Å². The van der Waals surface area contributed by atoms with Gasteiger partial charge in [0.2, 0.25) is 0 Å². The number of rotatable bonds is 5. The summed E-state index contributed by atoms with van der Waals surface area (Å²) in [6.45, 7) is 1.59. The molecule has 7 heteroatoms. The van der Waals surface area contributed by atoms with Crippen molar-refractivity contribution in [1.82, 2.24) is 0 Å². The third-order valence-corrected chi connectivity index (χ3v) is 5.84. The molecule has 0 aliphatic carbocycles. The van der Waals surface area contributed by atoms with Gasteiger partial charge in [0.15, 0.2) is 0 Å². The normalized spacial score (nSPS) is 11.6. The van der Waals surface area contributed by atoms with Crippen LogP contribution in [0.15, 0.2) is 40.6 Å². The van der Waals surface area contributed by atoms with Crippen molar-refractivity contribution in [2.24, 2.45) is 0 Å². The standard InChI is InChI=1S/C13H14FNO3S2/c1-2-15(11-5-3-10(14)4-6-11)20(17,18)13-7-8-19-12(13)9-16/h3-8,16H,2,9H2,1H3. The molecule has 0 unspecified atom stereocenters. The van der Waals surface area contributed by atoms with E-state index in [1.807, 2.05) is 0 Å². The molecule has 0 aliphatic heterocycles. The minimum absolute atomic E-state index is 0.0937. The Bertz CT molecular complexity index is 680. The zero-order chi connectivity index (χ0) is 14.8. The summed E-state index contributed by atoms with van der Waals surface area (Å²) < 4.78 is 39.4. The number of anilines is 1. The van der Waals surface area contributed by atoms with E-state index in [-0.39, 0.29) is 18.0 Å². The molecule has 1 aromatic heterocycles. The number of hydrogen-bond donors (Lipinski definition) is 1. The Labute approximate surface area is 121 Å². The lowest BCUT2D eigenvalue weighted by Gasteiger charge is -2.22. The van der Waals surface area contributed by atoms with Gasteiger partial charge in [-0.2, -0.15) is 0 Å². The van der Waals surface area contributed by atoms with Crippen LogP contribution < -0.4 is 4.31 Å². The molecule has 0 bridgehead atoms. The molecular formula is C13H14FNO3S2. The van der Waals surface area contributed by atoms with Crippen LogP contribution in [-0.4, -0.2) is 20.1 Å². The molecule has 0 aliphatic rings. The number of sulfonamides is 1. The monoisotopic (exact) mass is 315 g/mol. The van der Waals surface area contributed by atoms with E-state index in [0.717, 1.165) is 0 Å². The summed E-state index contributed by atoms with van der Waals surface area (Å²) in [5.41, 5.74) is 0.393. The second-order valence-electron chi connectivity index (χ2n) is 4.01. The number of benzene rings is 1. The van der Waals surface area contributed by atoms with Crippen molar-refractivity contribution >= 4 is 27.0 Å². The minimum atomic E-state index is -3.76. The molecule has 20 heavy (non-hydrogen) atoms. The molecule has 0 amide bonds. The molecule has 4 nitrogen and oxygen atoms in total. The van der Waals surface area contributed by atoms with E-state index in [1.54, 1.807) is 12.3 Å². The number of thiophene rings is 1. The Morgan fingerprint density at radius 1 is 1.25 bits per heavy atom. The third kappa shape index (κ3) is 2.70. The summed E-state index contributed by atoms with van der Waals surface area (Å²) in [7, 11) is -3.76. The smallest absolute Gasteiger partial charge is 0.265 e. The Morgan fingerprint density at radius 2 is 1.90 bits per heavy atom. The number of aliphatic hydroxyl groups is 1. The van der Waals surface area contributed by atoms with Gasteiger partial charge in [0, 0.05) is 6.54 Å². The Morgan fingerprint density at radius 3 is 2.45 bits per heavy atom. The van der Waals surface area contributed by atoms with Gasteiger partial charge in [-0.05, 0) is 42.6 Å². The van der Waals surface area contributed by atoms with Gasteiger partial charge in [-0.1, -0.05) is 0 Å². The highest BCUT2D eigenvalue weighted by atomic mass is 32.2. The van der Waals surface area contributed by atoms with E-state index in [2.05, 4.69) is 0 Å². The average molecular weight is 315 g/mol. The maximum Gasteiger partial charge on any atom is 0.265 e. The predicted molar refractivity (Wildman–Crippen MR) is 76.8 cm³/mol. The van der Waals surface area contributed by atoms with Crippen LogP contribution in [0.4, 0.5) is 10.1 Å². The highest BCUT2D eigenvalue weighted by Crippen LogP contribution is 2.28. The molecular weight excluding hydrogens is 301 g/mol. The summed E-state index contributed by atoms with van der Waals surface area (Å²) in [6.07, 6.45) is 0. The molecule has 2 aromatic rings. The van der Waals surface area contributed by atoms with E-state index in [1.165, 1.54) is 46.0 Å². The van der Waals surface area contributed by atoms with Crippen molar-refractivity contribution in [3.63, 3.8) is 0 Å². The SMILES string of the molecule is CCN(c1ccc(F)cc1)S(=O)(=O)c1ccsc1CO. The van der Waals surface area contributed by atoms with Gasteiger partial charge in [-0.15, -0.1) is 11.3 Å². The van der Waals surface area contributed by atoms with Crippen LogP contribution in [0.1, 0.15) is 11.8 Å². The first-order valence-corrected chi connectivity index (χ1v) is 8.28. The molecule has 1 aromatic carbocycles. The van der Waals surface area contributed by atoms with Crippen molar-refractivity contribution in [1.29, 1.82) is 0 Å². The van der Waals surface area contributed by atoms with Crippen LogP contribution in [-0.2, 0) is 16.6 Å². The topological polar surface area (TPSA) is 57.6 Å². The van der Waals surface area contributed by atoms with Gasteiger partial charge < -0.3 is 5.11 Å². The van der Waals surface area contributed by atoms with E-state index in [9.17, 15) is 17.9 Å². The second-order valence-corrected chi connectivity index (χ2v) is 6.84. The number of hydrogen-bond acceptors (Lipinski definition) is 4. The van der Waals surface area contributed by atoms with Gasteiger partial charge in [-0.25, -0.2) is 12.8 Å². The van der Waals surface area contributed by atoms with E-state index >= 15 is 0 Å². The zero-order valence-electron chi connectivity index (χ0n) is 10.8. The van der Waals surface area contributed by atoms with E-state index < -0.39 is 15.8 Å². The zero-order valence-corrected chi connectivity index (χ0v) is 12.4. The fraction of sp³-hybridized carbons (Fsp3) is 0.231. The molecule has 1 N–H and O–H groups in total. The van der Waals surface area contributed by atoms with Crippen molar-refractivity contribution < 1.29 is 17.9 Å². The third-order valence-electron chi connectivity index (χ3n) is 2.82. The van der Waals surface area contributed by atoms with Crippen molar-refractivity contribution in [3.8, 4) is 0 Å². The highest BCUT2D eigenvalue weighted by molar-refractivity contribution is 7.93. The maximum absolute atomic E-state index is 12.9. The molecule has 1 heterocycles. The summed E-state index contributed by atoms with van der Waals surface area (Å²) in [4.78, 5) is 0.488. The van der Waals surface area contributed by atoms with Crippen LogP contribution in [0.5, 0.6) is 0 Å². The van der Waals surface area contributed by atoms with Crippen molar-refractivity contribution in [2.45, 2.75) is 18.4 Å². The Kier molecular flexibility index (Phi) is 4.42. The van der Waals surface area contributed by atoms with Crippen molar-refractivity contribution in [2.75, 3.05) is 10.8 Å². The lowest BCUT2D eigenvalue weighted by molar-refractivity contribution is 0.282. The summed E-state index contributed by atoms with van der Waals surface area (Å²) in [5.74, 6) is -0.422. The van der Waals surface area contributed by atoms with Gasteiger partial charge in [0.25, 0.3) is 10.0 Å². The summed E-state index contributed by atoms with van der Waals surface area (Å²) in [5, 5.41) is 10.8. The second kappa shape index (κ2) is 5.90. The van der Waals surface area contributed by atoms with Crippen LogP contribution in [0.25, 0.3) is 0 Å². The summed E-state index contributed by atoms with van der Waals surface area (Å²) >= 11 is 1.19. The van der Waals surface area contributed by atoms with Crippen LogP contribution >= 0.6 is 11.3 Å². The predicted octanol–water partition coefficient (Wildman–Crippen LogP) is 2.59. The van der Waals surface area contributed by atoms with Gasteiger partial charge in [0.05, 0.1) is 17.2 Å². The highest BCUT2D eigenvalue weighted by Gasteiger charge is 2.26. The molecule has 0 fully saturated rings. The lowest BCUT2D eigenvalue weighted by atomic mass is 10.3. The van der Waals surface area contributed by atoms with Gasteiger partial charge in [-0.3, -0.25) is 4.31 Å². The van der Waals surface area contributed by atoms with E-state index in [4.69, 9.17) is 0 Å². The molecule has 0 atom stereocenters. The average Bonchev–Trinajstić information content (AvgIpc) is 2.90. The molecule has 2 rings (SSSR count). The Hall–Kier alpha value is -1.44. The fourth-order valence-corrected chi connectivity index (χ4v) is 4.63. The number of nitrogens with zero attached hydrogens (tertiary/aromatic N) is 1. The first-order chi connectivity index (χ1) is 9.50. The number of aliphatic hydroxyl groups excluding tert-OH is 1. The Balaban J connectivity index is 2.48. The first-order valence-electron chi connectivity index (χ1n) is 5.96. The molecule has 0 saturated heterocycles. The largest absolute Gasteiger partial charge is 0.391 e. The minimum Gasteiger partial charge on any atom is -0.391 e. The molecule has 108 valence electrons. The molecule has 0 saturated carbocycles. The maximum atomic E-state index is 12.9. The van der Waals surface area contributed by atoms with Crippen molar-refractivity contribution in [3.05, 3.63) is 46.4 Å². The van der Waals surface area contributed by atoms with Gasteiger partial charge in [0.1, 0.15) is 10.7 Å². The quantitative estimate of drug-likeness (QED) is 0.922. The van der Waals surface area contributed by atoms with Crippen LogP contribution in [0, 0.1) is 5.82 Å².